The Morgan fingerprint density at radius 3 is 1.71 bits per heavy atom. The minimum absolute atomic E-state index is 0.0919. The molecule has 0 fully saturated rings. The smallest absolute Gasteiger partial charge is 0.135 e. The van der Waals surface area contributed by atoms with Crippen LogP contribution in [-0.4, -0.2) is 0 Å². The van der Waals surface area contributed by atoms with Crippen molar-refractivity contribution in [3.63, 3.8) is 0 Å². The summed E-state index contributed by atoms with van der Waals surface area (Å²) in [4.78, 5) is 2.47. The van der Waals surface area contributed by atoms with Gasteiger partial charge in [0.25, 0.3) is 0 Å². The van der Waals surface area contributed by atoms with Crippen LogP contribution in [0.3, 0.4) is 0 Å². The number of nitrogens with zero attached hydrogens (tertiary/aromatic N) is 1. The zero-order valence-corrected chi connectivity index (χ0v) is 33.1. The summed E-state index contributed by atoms with van der Waals surface area (Å²) in [6.07, 6.45) is 0. The zero-order chi connectivity index (χ0) is 39.5. The highest BCUT2D eigenvalue weighted by Crippen LogP contribution is 2.53. The molecule has 0 N–H and O–H groups in total. The van der Waals surface area contributed by atoms with Gasteiger partial charge in [0.05, 0.1) is 5.69 Å². The van der Waals surface area contributed by atoms with E-state index in [-0.39, 0.29) is 5.41 Å². The van der Waals surface area contributed by atoms with E-state index in [2.05, 4.69) is 219 Å². The molecule has 0 amide bonds. The van der Waals surface area contributed by atoms with Crippen LogP contribution in [0.25, 0.3) is 77.6 Å². The third-order valence-corrected chi connectivity index (χ3v) is 12.3. The van der Waals surface area contributed by atoms with Gasteiger partial charge in [0.2, 0.25) is 0 Å². The first-order valence-corrected chi connectivity index (χ1v) is 20.4. The Morgan fingerprint density at radius 1 is 0.356 bits per heavy atom. The molecule has 2 heteroatoms. The molecular formula is C57H41NO. The summed E-state index contributed by atoms with van der Waals surface area (Å²) in [5.41, 5.74) is 19.7. The number of hydrogen-bond donors (Lipinski definition) is 0. The number of furan rings is 1. The van der Waals surface area contributed by atoms with E-state index in [1.807, 2.05) is 12.1 Å². The van der Waals surface area contributed by atoms with Crippen molar-refractivity contribution in [1.82, 2.24) is 0 Å². The Kier molecular flexibility index (Phi) is 8.20. The van der Waals surface area contributed by atoms with Crippen molar-refractivity contribution >= 4 is 39.0 Å². The first kappa shape index (κ1) is 34.8. The van der Waals surface area contributed by atoms with E-state index >= 15 is 0 Å². The molecule has 1 heterocycles. The molecule has 0 unspecified atom stereocenters. The first-order valence-electron chi connectivity index (χ1n) is 20.4. The summed E-state index contributed by atoms with van der Waals surface area (Å²) >= 11 is 0. The van der Waals surface area contributed by atoms with Gasteiger partial charge in [0, 0.05) is 33.1 Å². The van der Waals surface area contributed by atoms with Crippen LogP contribution in [0.5, 0.6) is 0 Å². The predicted octanol–water partition coefficient (Wildman–Crippen LogP) is 16.0. The Labute approximate surface area is 345 Å². The van der Waals surface area contributed by atoms with E-state index in [1.165, 1.54) is 55.6 Å². The SMILES string of the molecule is CC1(C)c2ccccc2-c2cc(N(c3ccc(-c4ccc5oc6ccccc6c5c4)cc3)c3cccc(-c4ccccc4)c3-c3ccccc3-c3ccccc3)ccc21. The largest absolute Gasteiger partial charge is 0.456 e. The van der Waals surface area contributed by atoms with Gasteiger partial charge < -0.3 is 9.32 Å². The second-order valence-corrected chi connectivity index (χ2v) is 16.1. The molecular weight excluding hydrogens is 715 g/mol. The van der Waals surface area contributed by atoms with Crippen LogP contribution in [0.15, 0.2) is 217 Å². The Balaban J connectivity index is 1.14. The van der Waals surface area contributed by atoms with Gasteiger partial charge in [0.1, 0.15) is 11.2 Å². The van der Waals surface area contributed by atoms with Crippen LogP contribution in [0, 0.1) is 0 Å². The van der Waals surface area contributed by atoms with Crippen molar-refractivity contribution in [1.29, 1.82) is 0 Å². The standard InChI is InChI=1S/C57H41NO/c1-57(2)51-25-13-11-21-46(51)49-37-43(33-34-52(49)57)58(42-31-28-38(29-32-42)41-30-35-55-50(36-41)47-22-12-14-27-54(47)59-55)53-26-15-24-45(40-18-7-4-8-19-40)56(53)48-23-10-9-20-44(48)39-16-5-3-6-17-39/h3-37H,1-2H3. The quantitative estimate of drug-likeness (QED) is 0.161. The fraction of sp³-hybridized carbons (Fsp3) is 0.0526. The van der Waals surface area contributed by atoms with Gasteiger partial charge in [-0.25, -0.2) is 0 Å². The van der Waals surface area contributed by atoms with E-state index < -0.39 is 0 Å². The van der Waals surface area contributed by atoms with Gasteiger partial charge in [-0.05, 0) is 110 Å². The number of benzene rings is 9. The lowest BCUT2D eigenvalue weighted by Gasteiger charge is -2.31. The topological polar surface area (TPSA) is 16.4 Å². The molecule has 280 valence electrons. The van der Waals surface area contributed by atoms with Crippen LogP contribution in [0.1, 0.15) is 25.0 Å². The third kappa shape index (κ3) is 5.79. The summed E-state index contributed by atoms with van der Waals surface area (Å²) in [6, 6.07) is 77.1. The Morgan fingerprint density at radius 2 is 0.932 bits per heavy atom. The number of rotatable bonds is 7. The highest BCUT2D eigenvalue weighted by Gasteiger charge is 2.36. The van der Waals surface area contributed by atoms with Crippen molar-refractivity contribution in [2.24, 2.45) is 0 Å². The van der Waals surface area contributed by atoms with E-state index in [4.69, 9.17) is 4.42 Å². The molecule has 10 aromatic rings. The second kappa shape index (κ2) is 13.9. The lowest BCUT2D eigenvalue weighted by Crippen LogP contribution is -2.15. The molecule has 1 aliphatic carbocycles. The van der Waals surface area contributed by atoms with E-state index in [1.54, 1.807) is 0 Å². The van der Waals surface area contributed by atoms with Crippen molar-refractivity contribution in [2.45, 2.75) is 19.3 Å². The maximum atomic E-state index is 6.18. The van der Waals surface area contributed by atoms with Gasteiger partial charge in [-0.3, -0.25) is 0 Å². The number of para-hydroxylation sites is 1. The average molecular weight is 756 g/mol. The summed E-state index contributed by atoms with van der Waals surface area (Å²) in [6.45, 7) is 4.69. The molecule has 1 aliphatic rings. The fourth-order valence-electron chi connectivity index (χ4n) is 9.42. The molecule has 0 radical (unpaired) electrons. The lowest BCUT2D eigenvalue weighted by molar-refractivity contribution is 0.660. The van der Waals surface area contributed by atoms with Gasteiger partial charge in [0.15, 0.2) is 0 Å². The molecule has 0 saturated heterocycles. The molecule has 9 aromatic carbocycles. The maximum absolute atomic E-state index is 6.18. The highest BCUT2D eigenvalue weighted by molar-refractivity contribution is 6.06. The highest BCUT2D eigenvalue weighted by atomic mass is 16.3. The third-order valence-electron chi connectivity index (χ3n) is 12.3. The van der Waals surface area contributed by atoms with Crippen molar-refractivity contribution < 1.29 is 4.42 Å². The zero-order valence-electron chi connectivity index (χ0n) is 33.1. The Bertz CT molecular complexity index is 3170. The summed E-state index contributed by atoms with van der Waals surface area (Å²) in [5.74, 6) is 0. The molecule has 0 bridgehead atoms. The molecule has 11 rings (SSSR count). The van der Waals surface area contributed by atoms with Crippen molar-refractivity contribution in [3.8, 4) is 55.6 Å². The molecule has 59 heavy (non-hydrogen) atoms. The maximum Gasteiger partial charge on any atom is 0.135 e. The van der Waals surface area contributed by atoms with Gasteiger partial charge >= 0.3 is 0 Å². The van der Waals surface area contributed by atoms with Crippen LogP contribution in [0.4, 0.5) is 17.1 Å². The number of hydrogen-bond acceptors (Lipinski definition) is 2. The summed E-state index contributed by atoms with van der Waals surface area (Å²) in [7, 11) is 0. The van der Waals surface area contributed by atoms with Crippen LogP contribution in [-0.2, 0) is 5.41 Å². The second-order valence-electron chi connectivity index (χ2n) is 16.1. The monoisotopic (exact) mass is 755 g/mol. The normalized spacial score (nSPS) is 12.7. The number of fused-ring (bicyclic) bond motifs is 6. The van der Waals surface area contributed by atoms with E-state index in [0.717, 1.165) is 50.1 Å². The van der Waals surface area contributed by atoms with Crippen LogP contribution < -0.4 is 4.90 Å². The Hall–Kier alpha value is -7.42. The lowest BCUT2D eigenvalue weighted by atomic mass is 9.82. The van der Waals surface area contributed by atoms with E-state index in [0.29, 0.717) is 0 Å². The minimum atomic E-state index is -0.0919. The van der Waals surface area contributed by atoms with Gasteiger partial charge in [-0.2, -0.15) is 0 Å². The summed E-state index contributed by atoms with van der Waals surface area (Å²) < 4.78 is 6.18. The minimum Gasteiger partial charge on any atom is -0.456 e. The first-order chi connectivity index (χ1) is 29.0. The van der Waals surface area contributed by atoms with Gasteiger partial charge in [-0.1, -0.05) is 178 Å². The van der Waals surface area contributed by atoms with Crippen molar-refractivity contribution in [3.05, 3.63) is 223 Å². The van der Waals surface area contributed by atoms with E-state index in [9.17, 15) is 0 Å². The molecule has 0 aliphatic heterocycles. The molecule has 0 atom stereocenters. The predicted molar refractivity (Wildman–Crippen MR) is 248 cm³/mol. The summed E-state index contributed by atoms with van der Waals surface area (Å²) in [5, 5.41) is 2.26. The molecule has 0 saturated carbocycles. The van der Waals surface area contributed by atoms with Crippen LogP contribution in [0.2, 0.25) is 0 Å². The van der Waals surface area contributed by atoms with Crippen LogP contribution >= 0.6 is 0 Å². The molecule has 0 spiro atoms. The number of anilines is 3. The molecule has 2 nitrogen and oxygen atoms in total. The average Bonchev–Trinajstić information content (AvgIpc) is 3.78. The fourth-order valence-corrected chi connectivity index (χ4v) is 9.42. The van der Waals surface area contributed by atoms with Gasteiger partial charge in [-0.15, -0.1) is 0 Å². The molecule has 1 aromatic heterocycles. The van der Waals surface area contributed by atoms with Crippen molar-refractivity contribution in [2.75, 3.05) is 4.90 Å².